The number of rotatable bonds is 8. The molecule has 0 bridgehead atoms. The third kappa shape index (κ3) is 4.32. The summed E-state index contributed by atoms with van der Waals surface area (Å²) in [5.41, 5.74) is 4.60. The van der Waals surface area contributed by atoms with Crippen LogP contribution in [0, 0.1) is 5.41 Å². The second-order valence-electron chi connectivity index (χ2n) is 8.47. The summed E-state index contributed by atoms with van der Waals surface area (Å²) in [5, 5.41) is 6.86. The molecule has 1 aromatic carbocycles. The first-order valence-electron chi connectivity index (χ1n) is 10.9. The first-order chi connectivity index (χ1) is 14.1. The average molecular weight is 393 g/mol. The van der Waals surface area contributed by atoms with Gasteiger partial charge < -0.3 is 15.4 Å². The van der Waals surface area contributed by atoms with Crippen LogP contribution in [0.5, 0.6) is 0 Å². The molecule has 0 aromatic heterocycles. The van der Waals surface area contributed by atoms with E-state index in [2.05, 4.69) is 54.0 Å². The summed E-state index contributed by atoms with van der Waals surface area (Å²) >= 11 is 0. The van der Waals surface area contributed by atoms with Crippen LogP contribution in [0.4, 0.5) is 0 Å². The number of allylic oxidation sites excluding steroid dienone is 2. The molecule has 0 radical (unpaired) electrons. The number of nitrogens with one attached hydrogen (secondary N) is 2. The van der Waals surface area contributed by atoms with E-state index in [1.807, 2.05) is 12.1 Å². The Bertz CT molecular complexity index is 854. The Hall–Kier alpha value is -2.33. The molecule has 4 rings (SSSR count). The van der Waals surface area contributed by atoms with Crippen LogP contribution in [0.15, 0.2) is 48.2 Å². The highest BCUT2D eigenvalue weighted by Gasteiger charge is 2.52. The van der Waals surface area contributed by atoms with E-state index in [4.69, 9.17) is 4.74 Å². The molecule has 3 atom stereocenters. The Morgan fingerprint density at radius 1 is 1.31 bits per heavy atom. The lowest BCUT2D eigenvalue weighted by atomic mass is 9.92. The van der Waals surface area contributed by atoms with Gasteiger partial charge in [-0.3, -0.25) is 4.79 Å². The maximum Gasteiger partial charge on any atom is 0.252 e. The third-order valence-corrected chi connectivity index (χ3v) is 6.82. The van der Waals surface area contributed by atoms with Crippen molar-refractivity contribution in [1.82, 2.24) is 10.6 Å². The van der Waals surface area contributed by atoms with Crippen molar-refractivity contribution in [3.8, 4) is 0 Å². The van der Waals surface area contributed by atoms with Gasteiger partial charge in [0.25, 0.3) is 5.91 Å². The third-order valence-electron chi connectivity index (χ3n) is 6.82. The smallest absolute Gasteiger partial charge is 0.252 e. The van der Waals surface area contributed by atoms with Gasteiger partial charge in [0.05, 0.1) is 6.10 Å². The Kier molecular flexibility index (Phi) is 5.91. The van der Waals surface area contributed by atoms with Gasteiger partial charge in [-0.05, 0) is 67.2 Å². The lowest BCUT2D eigenvalue weighted by molar-refractivity contribution is 0.0943. The van der Waals surface area contributed by atoms with Gasteiger partial charge >= 0.3 is 0 Å². The predicted octanol–water partition coefficient (Wildman–Crippen LogP) is 4.38. The van der Waals surface area contributed by atoms with E-state index in [-0.39, 0.29) is 23.5 Å². The maximum absolute atomic E-state index is 13.0. The lowest BCUT2D eigenvalue weighted by Gasteiger charge is -2.20. The number of carbonyl (C=O) groups excluding carboxylic acids is 1. The highest BCUT2D eigenvalue weighted by atomic mass is 16.5. The van der Waals surface area contributed by atoms with Gasteiger partial charge in [0.2, 0.25) is 0 Å². The van der Waals surface area contributed by atoms with Crippen molar-refractivity contribution >= 4 is 12.0 Å². The number of aryl methyl sites for hydroxylation is 1. The Balaban J connectivity index is 1.31. The number of fused-ring (bicyclic) bond motifs is 1. The zero-order chi connectivity index (χ0) is 20.3. The first-order valence-corrected chi connectivity index (χ1v) is 10.9. The van der Waals surface area contributed by atoms with Crippen LogP contribution in [0.25, 0.3) is 6.08 Å². The molecule has 0 heterocycles. The quantitative estimate of drug-likeness (QED) is 0.690. The number of methoxy groups -OCH3 is 1. The summed E-state index contributed by atoms with van der Waals surface area (Å²) in [7, 11) is 1.75. The minimum absolute atomic E-state index is 0.0743. The summed E-state index contributed by atoms with van der Waals surface area (Å²) in [6.45, 7) is 3.17. The van der Waals surface area contributed by atoms with E-state index in [9.17, 15) is 4.79 Å². The minimum atomic E-state index is 0.0743. The standard InChI is InChI=1S/C25H32N2O2/c1-3-25(15-16-26-19-11-13-20(29-2)14-12-19)17-23(25)27-24(28)22-10-6-8-18-7-4-5-9-21(18)22/h5-6,8-13,20,23,26H,3-4,7,14-17H2,1-2H3,(H,27,28). The van der Waals surface area contributed by atoms with Crippen LogP contribution in [0.2, 0.25) is 0 Å². The summed E-state index contributed by atoms with van der Waals surface area (Å²) < 4.78 is 5.34. The Labute approximate surface area is 174 Å². The molecule has 1 aromatic rings. The lowest BCUT2D eigenvalue weighted by Crippen LogP contribution is -2.31. The van der Waals surface area contributed by atoms with Crippen LogP contribution in [0.1, 0.15) is 60.5 Å². The summed E-state index contributed by atoms with van der Waals surface area (Å²) in [6, 6.07) is 6.38. The number of ether oxygens (including phenoxy) is 1. The van der Waals surface area contributed by atoms with Gasteiger partial charge in [-0.1, -0.05) is 43.4 Å². The number of amides is 1. The highest BCUT2D eigenvalue weighted by molar-refractivity contribution is 5.98. The van der Waals surface area contributed by atoms with Gasteiger partial charge in [-0.25, -0.2) is 0 Å². The number of hydrogen-bond donors (Lipinski definition) is 2. The van der Waals surface area contributed by atoms with E-state index >= 15 is 0 Å². The highest BCUT2D eigenvalue weighted by Crippen LogP contribution is 2.51. The van der Waals surface area contributed by atoms with Gasteiger partial charge in [-0.2, -0.15) is 0 Å². The van der Waals surface area contributed by atoms with E-state index < -0.39 is 0 Å². The van der Waals surface area contributed by atoms with Crippen molar-refractivity contribution in [3.63, 3.8) is 0 Å². The molecule has 1 fully saturated rings. The zero-order valence-electron chi connectivity index (χ0n) is 17.5. The van der Waals surface area contributed by atoms with E-state index in [1.54, 1.807) is 7.11 Å². The number of carbonyl (C=O) groups is 1. The van der Waals surface area contributed by atoms with Gasteiger partial charge in [0, 0.05) is 31.0 Å². The molecule has 154 valence electrons. The van der Waals surface area contributed by atoms with Crippen LogP contribution < -0.4 is 10.6 Å². The topological polar surface area (TPSA) is 50.4 Å². The van der Waals surface area contributed by atoms with E-state index in [0.717, 1.165) is 56.2 Å². The molecule has 3 aliphatic rings. The van der Waals surface area contributed by atoms with Crippen LogP contribution in [-0.4, -0.2) is 31.7 Å². The molecule has 4 nitrogen and oxygen atoms in total. The molecule has 0 saturated heterocycles. The van der Waals surface area contributed by atoms with Crippen LogP contribution in [0.3, 0.4) is 0 Å². The monoisotopic (exact) mass is 392 g/mol. The number of benzene rings is 1. The molecule has 1 amide bonds. The molecule has 2 N–H and O–H groups in total. The first kappa shape index (κ1) is 20.0. The Morgan fingerprint density at radius 2 is 2.21 bits per heavy atom. The summed E-state index contributed by atoms with van der Waals surface area (Å²) in [4.78, 5) is 13.0. The van der Waals surface area contributed by atoms with Crippen LogP contribution >= 0.6 is 0 Å². The van der Waals surface area contributed by atoms with Crippen LogP contribution in [-0.2, 0) is 11.2 Å². The van der Waals surface area contributed by atoms with Crippen molar-refractivity contribution < 1.29 is 9.53 Å². The molecule has 3 aliphatic carbocycles. The maximum atomic E-state index is 13.0. The van der Waals surface area contributed by atoms with Gasteiger partial charge in [-0.15, -0.1) is 0 Å². The molecule has 29 heavy (non-hydrogen) atoms. The molecule has 1 saturated carbocycles. The predicted molar refractivity (Wildman–Crippen MR) is 118 cm³/mol. The van der Waals surface area contributed by atoms with Crippen molar-refractivity contribution in [1.29, 1.82) is 0 Å². The zero-order valence-corrected chi connectivity index (χ0v) is 17.5. The largest absolute Gasteiger partial charge is 0.385 e. The molecular weight excluding hydrogens is 360 g/mol. The van der Waals surface area contributed by atoms with Crippen molar-refractivity contribution in [2.24, 2.45) is 5.41 Å². The fraction of sp³-hybridized carbons (Fsp3) is 0.480. The molecular formula is C25H32N2O2. The average Bonchev–Trinajstić information content (AvgIpc) is 3.46. The Morgan fingerprint density at radius 3 is 2.97 bits per heavy atom. The second kappa shape index (κ2) is 8.58. The molecule has 3 unspecified atom stereocenters. The normalized spacial score (nSPS) is 27.2. The fourth-order valence-corrected chi connectivity index (χ4v) is 4.66. The molecule has 0 aliphatic heterocycles. The second-order valence-corrected chi connectivity index (χ2v) is 8.47. The summed E-state index contributed by atoms with van der Waals surface area (Å²) in [5.74, 6) is 0.0743. The molecule has 0 spiro atoms. The fourth-order valence-electron chi connectivity index (χ4n) is 4.66. The summed E-state index contributed by atoms with van der Waals surface area (Å²) in [6.07, 6.45) is 17.1. The van der Waals surface area contributed by atoms with Crippen molar-refractivity contribution in [2.75, 3.05) is 13.7 Å². The number of hydrogen-bond acceptors (Lipinski definition) is 3. The van der Waals surface area contributed by atoms with Gasteiger partial charge in [0.1, 0.15) is 0 Å². The van der Waals surface area contributed by atoms with Gasteiger partial charge in [0.15, 0.2) is 0 Å². The molecule has 4 heteroatoms. The van der Waals surface area contributed by atoms with E-state index in [1.165, 1.54) is 11.3 Å². The van der Waals surface area contributed by atoms with E-state index in [0.29, 0.717) is 0 Å². The van der Waals surface area contributed by atoms with Crippen molar-refractivity contribution in [2.45, 2.75) is 57.6 Å². The van der Waals surface area contributed by atoms with Crippen molar-refractivity contribution in [3.05, 3.63) is 64.9 Å². The minimum Gasteiger partial charge on any atom is -0.385 e. The SMILES string of the molecule is CCC1(CCNC2=CCC(OC)C=C2)CC1NC(=O)c1cccc2c1C=CCC2.